The van der Waals surface area contributed by atoms with Gasteiger partial charge in [0.25, 0.3) is 5.91 Å². The number of hydrogen-bond donors (Lipinski definition) is 0. The molecule has 1 amide bonds. The van der Waals surface area contributed by atoms with Gasteiger partial charge in [-0.3, -0.25) is 9.48 Å². The van der Waals surface area contributed by atoms with Gasteiger partial charge in [-0.2, -0.15) is 5.10 Å². The fraction of sp³-hybridized carbons (Fsp3) is 0.273. The number of rotatable bonds is 5. The summed E-state index contributed by atoms with van der Waals surface area (Å²) in [6.07, 6.45) is 3.89. The van der Waals surface area contributed by atoms with Crippen LogP contribution in [-0.4, -0.2) is 40.8 Å². The fourth-order valence-electron chi connectivity index (χ4n) is 3.67. The number of para-hydroxylation sites is 2. The van der Waals surface area contributed by atoms with E-state index in [9.17, 15) is 4.79 Å². The van der Waals surface area contributed by atoms with E-state index in [2.05, 4.69) is 17.2 Å². The molecule has 0 saturated heterocycles. The van der Waals surface area contributed by atoms with Crippen molar-refractivity contribution in [1.82, 2.24) is 14.7 Å². The highest BCUT2D eigenvalue weighted by atomic mass is 16.5. The van der Waals surface area contributed by atoms with Gasteiger partial charge < -0.3 is 14.4 Å². The number of hydrogen-bond acceptors (Lipinski definition) is 4. The Kier molecular flexibility index (Phi) is 5.02. The zero-order chi connectivity index (χ0) is 19.5. The van der Waals surface area contributed by atoms with E-state index >= 15 is 0 Å². The van der Waals surface area contributed by atoms with Gasteiger partial charge >= 0.3 is 0 Å². The van der Waals surface area contributed by atoms with E-state index in [1.54, 1.807) is 17.9 Å². The summed E-state index contributed by atoms with van der Waals surface area (Å²) in [4.78, 5) is 14.8. The smallest absolute Gasteiger partial charge is 0.260 e. The normalized spacial score (nSPS) is 15.8. The number of benzene rings is 2. The Morgan fingerprint density at radius 1 is 1.14 bits per heavy atom. The van der Waals surface area contributed by atoms with Gasteiger partial charge in [0, 0.05) is 32.3 Å². The number of fused-ring (bicyclic) bond motifs is 1. The summed E-state index contributed by atoms with van der Waals surface area (Å²) in [5, 5.41) is 4.30. The maximum Gasteiger partial charge on any atom is 0.260 e. The maximum absolute atomic E-state index is 12.9. The molecule has 0 saturated carbocycles. The SMILES string of the molecule is COc1ccccc1OCC(=O)N1Cc2ccccc2C(c2cnn(C)c2)C1. The van der Waals surface area contributed by atoms with E-state index in [-0.39, 0.29) is 18.4 Å². The number of nitrogens with zero attached hydrogens (tertiary/aromatic N) is 3. The Bertz CT molecular complexity index is 982. The molecule has 1 aliphatic rings. The van der Waals surface area contributed by atoms with Gasteiger partial charge in [0.2, 0.25) is 0 Å². The van der Waals surface area contributed by atoms with E-state index in [1.807, 2.05) is 54.7 Å². The fourth-order valence-corrected chi connectivity index (χ4v) is 3.67. The van der Waals surface area contributed by atoms with Crippen molar-refractivity contribution in [1.29, 1.82) is 0 Å². The predicted molar refractivity (Wildman–Crippen MR) is 105 cm³/mol. The lowest BCUT2D eigenvalue weighted by Gasteiger charge is -2.34. The molecule has 0 spiro atoms. The Morgan fingerprint density at radius 3 is 2.64 bits per heavy atom. The number of amides is 1. The van der Waals surface area contributed by atoms with E-state index in [1.165, 1.54) is 5.56 Å². The van der Waals surface area contributed by atoms with Crippen LogP contribution in [0, 0.1) is 0 Å². The minimum absolute atomic E-state index is 0.0255. The van der Waals surface area contributed by atoms with Crippen LogP contribution in [0.4, 0.5) is 0 Å². The second-order valence-electron chi connectivity index (χ2n) is 6.91. The van der Waals surface area contributed by atoms with Crippen LogP contribution in [0.3, 0.4) is 0 Å². The molecular formula is C22H23N3O3. The topological polar surface area (TPSA) is 56.6 Å². The molecule has 3 aromatic rings. The van der Waals surface area contributed by atoms with Crippen molar-refractivity contribution in [2.75, 3.05) is 20.3 Å². The number of carbonyl (C=O) groups is 1. The monoisotopic (exact) mass is 377 g/mol. The summed E-state index contributed by atoms with van der Waals surface area (Å²) in [5.41, 5.74) is 3.52. The molecule has 1 atom stereocenters. The molecule has 144 valence electrons. The van der Waals surface area contributed by atoms with Crippen molar-refractivity contribution in [3.8, 4) is 11.5 Å². The first-order valence-corrected chi connectivity index (χ1v) is 9.25. The summed E-state index contributed by atoms with van der Waals surface area (Å²) >= 11 is 0. The molecule has 4 rings (SSSR count). The summed E-state index contributed by atoms with van der Waals surface area (Å²) in [5.74, 6) is 1.25. The lowest BCUT2D eigenvalue weighted by Crippen LogP contribution is -2.41. The highest BCUT2D eigenvalue weighted by Crippen LogP contribution is 2.33. The third kappa shape index (κ3) is 3.58. The molecule has 1 aliphatic heterocycles. The van der Waals surface area contributed by atoms with Crippen LogP contribution in [-0.2, 0) is 18.4 Å². The quantitative estimate of drug-likeness (QED) is 0.686. The van der Waals surface area contributed by atoms with Gasteiger partial charge in [0.1, 0.15) is 0 Å². The summed E-state index contributed by atoms with van der Waals surface area (Å²) in [7, 11) is 3.49. The van der Waals surface area contributed by atoms with Crippen LogP contribution in [0.5, 0.6) is 11.5 Å². The molecule has 0 N–H and O–H groups in total. The molecule has 0 radical (unpaired) electrons. The van der Waals surface area contributed by atoms with Crippen LogP contribution in [0.2, 0.25) is 0 Å². The van der Waals surface area contributed by atoms with Crippen molar-refractivity contribution in [3.05, 3.63) is 77.6 Å². The summed E-state index contributed by atoms with van der Waals surface area (Å²) < 4.78 is 12.8. The Morgan fingerprint density at radius 2 is 1.89 bits per heavy atom. The van der Waals surface area contributed by atoms with E-state index < -0.39 is 0 Å². The average molecular weight is 377 g/mol. The van der Waals surface area contributed by atoms with Crippen molar-refractivity contribution in [2.45, 2.75) is 12.5 Å². The van der Waals surface area contributed by atoms with Crippen molar-refractivity contribution in [3.63, 3.8) is 0 Å². The van der Waals surface area contributed by atoms with Crippen LogP contribution in [0.15, 0.2) is 60.9 Å². The minimum atomic E-state index is -0.0469. The molecule has 2 aromatic carbocycles. The molecule has 1 unspecified atom stereocenters. The molecule has 6 nitrogen and oxygen atoms in total. The van der Waals surface area contributed by atoms with Crippen molar-refractivity contribution in [2.24, 2.45) is 7.05 Å². The van der Waals surface area contributed by atoms with Crippen molar-refractivity contribution >= 4 is 5.91 Å². The van der Waals surface area contributed by atoms with Gasteiger partial charge in [0.15, 0.2) is 18.1 Å². The molecule has 28 heavy (non-hydrogen) atoms. The largest absolute Gasteiger partial charge is 0.493 e. The van der Waals surface area contributed by atoms with E-state index in [0.29, 0.717) is 24.6 Å². The first-order valence-electron chi connectivity index (χ1n) is 9.25. The molecule has 1 aromatic heterocycles. The van der Waals surface area contributed by atoms with Crippen LogP contribution >= 0.6 is 0 Å². The molecule has 2 heterocycles. The van der Waals surface area contributed by atoms with Gasteiger partial charge in [-0.05, 0) is 28.8 Å². The second kappa shape index (κ2) is 7.76. The molecule has 6 heteroatoms. The first kappa shape index (κ1) is 18.1. The van der Waals surface area contributed by atoms with Crippen LogP contribution < -0.4 is 9.47 Å². The maximum atomic E-state index is 12.9. The number of carbonyl (C=O) groups excluding carboxylic acids is 1. The first-order chi connectivity index (χ1) is 13.7. The Hall–Kier alpha value is -3.28. The number of aromatic nitrogens is 2. The average Bonchev–Trinajstić information content (AvgIpc) is 3.17. The third-order valence-corrected chi connectivity index (χ3v) is 5.09. The lowest BCUT2D eigenvalue weighted by atomic mass is 9.86. The third-order valence-electron chi connectivity index (χ3n) is 5.09. The zero-order valence-corrected chi connectivity index (χ0v) is 16.0. The minimum Gasteiger partial charge on any atom is -0.493 e. The van der Waals surface area contributed by atoms with Gasteiger partial charge in [-0.1, -0.05) is 36.4 Å². The Balaban J connectivity index is 1.53. The van der Waals surface area contributed by atoms with E-state index in [4.69, 9.17) is 9.47 Å². The predicted octanol–water partition coefficient (Wildman–Crippen LogP) is 2.98. The number of ether oxygens (including phenoxy) is 2. The molecular weight excluding hydrogens is 354 g/mol. The molecule has 0 aliphatic carbocycles. The van der Waals surface area contributed by atoms with Crippen LogP contribution in [0.25, 0.3) is 0 Å². The molecule has 0 fully saturated rings. The lowest BCUT2D eigenvalue weighted by molar-refractivity contribution is -0.134. The van der Waals surface area contributed by atoms with Gasteiger partial charge in [-0.25, -0.2) is 0 Å². The summed E-state index contributed by atoms with van der Waals surface area (Å²) in [6.45, 7) is 1.17. The zero-order valence-electron chi connectivity index (χ0n) is 16.0. The van der Waals surface area contributed by atoms with E-state index in [0.717, 1.165) is 11.1 Å². The van der Waals surface area contributed by atoms with Gasteiger partial charge in [0.05, 0.1) is 13.3 Å². The standard InChI is InChI=1S/C22H23N3O3/c1-24-12-17(11-23-24)19-14-25(13-16-7-3-4-8-18(16)19)22(26)15-28-21-10-6-5-9-20(21)27-2/h3-12,19H,13-15H2,1-2H3. The van der Waals surface area contributed by atoms with Gasteiger partial charge in [-0.15, -0.1) is 0 Å². The van der Waals surface area contributed by atoms with Crippen LogP contribution in [0.1, 0.15) is 22.6 Å². The number of methoxy groups -OCH3 is 1. The second-order valence-corrected chi connectivity index (χ2v) is 6.91. The number of aryl methyl sites for hydroxylation is 1. The highest BCUT2D eigenvalue weighted by molar-refractivity contribution is 5.78. The molecule has 0 bridgehead atoms. The highest BCUT2D eigenvalue weighted by Gasteiger charge is 2.30. The summed E-state index contributed by atoms with van der Waals surface area (Å²) in [6, 6.07) is 15.6. The van der Waals surface area contributed by atoms with Crippen molar-refractivity contribution < 1.29 is 14.3 Å². The Labute approximate surface area is 164 Å².